The van der Waals surface area contributed by atoms with Crippen LogP contribution in [-0.4, -0.2) is 9.13 Å². The number of para-hydroxylation sites is 3. The third kappa shape index (κ3) is 4.24. The molecule has 1 atom stereocenters. The van der Waals surface area contributed by atoms with E-state index in [9.17, 15) is 0 Å². The molecule has 0 fully saturated rings. The molecule has 1 unspecified atom stereocenters. The SMILES string of the molecule is c1ccc(-c2ccc3c(c2)c2c4c5c(n(-c6ccccc6)c4ccc2n3-c2ccccc2)NC(c2ccccc2)N5c2ccccc2)cc1. The molecule has 4 nitrogen and oxygen atoms in total. The van der Waals surface area contributed by atoms with Gasteiger partial charge >= 0.3 is 0 Å². The molecule has 0 aliphatic carbocycles. The first-order valence-electron chi connectivity index (χ1n) is 16.8. The van der Waals surface area contributed by atoms with Gasteiger partial charge in [-0.1, -0.05) is 121 Å². The fourth-order valence-corrected chi connectivity index (χ4v) is 7.81. The zero-order valence-electron chi connectivity index (χ0n) is 26.7. The summed E-state index contributed by atoms with van der Waals surface area (Å²) in [6, 6.07) is 65.3. The molecule has 2 aromatic heterocycles. The maximum Gasteiger partial charge on any atom is 0.138 e. The second-order valence-corrected chi connectivity index (χ2v) is 12.7. The molecule has 1 N–H and O–H groups in total. The number of nitrogens with zero attached hydrogens (tertiary/aromatic N) is 3. The molecule has 1 aliphatic rings. The van der Waals surface area contributed by atoms with Crippen LogP contribution in [0.4, 0.5) is 17.2 Å². The van der Waals surface area contributed by atoms with Crippen molar-refractivity contribution in [2.24, 2.45) is 0 Å². The highest BCUT2D eigenvalue weighted by Gasteiger charge is 2.38. The fourth-order valence-electron chi connectivity index (χ4n) is 7.81. The van der Waals surface area contributed by atoms with E-state index in [1.807, 2.05) is 0 Å². The quantitative estimate of drug-likeness (QED) is 0.205. The number of hydrogen-bond donors (Lipinski definition) is 1. The first kappa shape index (κ1) is 27.6. The summed E-state index contributed by atoms with van der Waals surface area (Å²) in [6.07, 6.45) is -0.0921. The zero-order valence-corrected chi connectivity index (χ0v) is 26.7. The molecule has 232 valence electrons. The van der Waals surface area contributed by atoms with Crippen molar-refractivity contribution in [1.82, 2.24) is 9.13 Å². The molecule has 0 amide bonds. The number of rotatable bonds is 5. The maximum absolute atomic E-state index is 4.03. The highest BCUT2D eigenvalue weighted by Crippen LogP contribution is 2.55. The standard InChI is InChI=1S/C45H32N4/c1-6-16-31(17-7-1)33-26-27-38-37(30-33)41-39(47(38)34-20-10-3-11-21-34)28-29-40-42(41)43-45(48(40)35-22-12-4-13-23-35)46-44(32-18-8-2-9-19-32)49(43)36-24-14-5-15-25-36/h1-30,44,46H. The van der Waals surface area contributed by atoms with Crippen LogP contribution in [0.15, 0.2) is 182 Å². The first-order chi connectivity index (χ1) is 24.3. The van der Waals surface area contributed by atoms with Crippen LogP contribution in [0.5, 0.6) is 0 Å². The first-order valence-corrected chi connectivity index (χ1v) is 16.8. The van der Waals surface area contributed by atoms with Gasteiger partial charge in [-0.15, -0.1) is 0 Å². The smallest absolute Gasteiger partial charge is 0.138 e. The van der Waals surface area contributed by atoms with Crippen LogP contribution >= 0.6 is 0 Å². The van der Waals surface area contributed by atoms with Gasteiger partial charge in [0.2, 0.25) is 0 Å². The average molecular weight is 629 g/mol. The molecule has 4 heteroatoms. The van der Waals surface area contributed by atoms with E-state index in [0.29, 0.717) is 0 Å². The molecule has 9 aromatic rings. The zero-order chi connectivity index (χ0) is 32.3. The molecular weight excluding hydrogens is 597 g/mol. The number of fused-ring (bicyclic) bond motifs is 7. The lowest BCUT2D eigenvalue weighted by Gasteiger charge is -2.28. The van der Waals surface area contributed by atoms with Gasteiger partial charge in [0.05, 0.1) is 22.2 Å². The Kier molecular flexibility index (Phi) is 6.21. The minimum absolute atomic E-state index is 0.0921. The van der Waals surface area contributed by atoms with Crippen molar-refractivity contribution in [3.8, 4) is 22.5 Å². The molecule has 10 rings (SSSR count). The van der Waals surface area contributed by atoms with Gasteiger partial charge < -0.3 is 14.8 Å². The van der Waals surface area contributed by atoms with Gasteiger partial charge in [-0.05, 0) is 77.4 Å². The minimum Gasteiger partial charge on any atom is -0.345 e. The largest absolute Gasteiger partial charge is 0.345 e. The summed E-state index contributed by atoms with van der Waals surface area (Å²) in [5.41, 5.74) is 11.8. The van der Waals surface area contributed by atoms with Gasteiger partial charge in [-0.25, -0.2) is 0 Å². The van der Waals surface area contributed by atoms with Crippen molar-refractivity contribution in [1.29, 1.82) is 0 Å². The highest BCUT2D eigenvalue weighted by atomic mass is 15.4. The van der Waals surface area contributed by atoms with E-state index in [1.54, 1.807) is 0 Å². The van der Waals surface area contributed by atoms with Crippen LogP contribution in [0.1, 0.15) is 11.7 Å². The van der Waals surface area contributed by atoms with Crippen molar-refractivity contribution >= 4 is 49.9 Å². The fraction of sp³-hybridized carbons (Fsp3) is 0.0222. The lowest BCUT2D eigenvalue weighted by Crippen LogP contribution is -2.24. The number of anilines is 3. The molecule has 0 bridgehead atoms. The van der Waals surface area contributed by atoms with Crippen molar-refractivity contribution < 1.29 is 0 Å². The molecule has 7 aromatic carbocycles. The van der Waals surface area contributed by atoms with E-state index < -0.39 is 0 Å². The van der Waals surface area contributed by atoms with Gasteiger partial charge in [-0.2, -0.15) is 0 Å². The Morgan fingerprint density at radius 3 is 1.55 bits per heavy atom. The highest BCUT2D eigenvalue weighted by molar-refractivity contribution is 6.27. The Hall–Kier alpha value is -6.52. The summed E-state index contributed by atoms with van der Waals surface area (Å²) in [4.78, 5) is 2.50. The lowest BCUT2D eigenvalue weighted by atomic mass is 10.0. The van der Waals surface area contributed by atoms with Crippen molar-refractivity contribution in [2.75, 3.05) is 10.2 Å². The lowest BCUT2D eigenvalue weighted by molar-refractivity contribution is 0.824. The van der Waals surface area contributed by atoms with Gasteiger partial charge in [0, 0.05) is 33.2 Å². The molecule has 0 radical (unpaired) electrons. The van der Waals surface area contributed by atoms with E-state index >= 15 is 0 Å². The summed E-state index contributed by atoms with van der Waals surface area (Å²) in [7, 11) is 0. The van der Waals surface area contributed by atoms with Crippen LogP contribution in [0.25, 0.3) is 55.2 Å². The van der Waals surface area contributed by atoms with E-state index in [2.05, 4.69) is 201 Å². The van der Waals surface area contributed by atoms with E-state index in [1.165, 1.54) is 55.1 Å². The minimum atomic E-state index is -0.0921. The Morgan fingerprint density at radius 1 is 0.408 bits per heavy atom. The summed E-state index contributed by atoms with van der Waals surface area (Å²) in [5, 5.41) is 7.74. The summed E-state index contributed by atoms with van der Waals surface area (Å²) in [5.74, 6) is 1.09. The molecule has 49 heavy (non-hydrogen) atoms. The predicted molar refractivity (Wildman–Crippen MR) is 204 cm³/mol. The van der Waals surface area contributed by atoms with E-state index in [-0.39, 0.29) is 6.17 Å². The van der Waals surface area contributed by atoms with Crippen molar-refractivity contribution in [3.05, 3.63) is 188 Å². The topological polar surface area (TPSA) is 25.1 Å². The molecular formula is C45H32N4. The Bertz CT molecular complexity index is 2610. The number of aromatic nitrogens is 2. The van der Waals surface area contributed by atoms with Crippen LogP contribution in [0.3, 0.4) is 0 Å². The monoisotopic (exact) mass is 628 g/mol. The van der Waals surface area contributed by atoms with Crippen molar-refractivity contribution in [2.45, 2.75) is 6.17 Å². The normalized spacial score (nSPS) is 14.0. The van der Waals surface area contributed by atoms with Gasteiger partial charge in [0.25, 0.3) is 0 Å². The molecule has 0 saturated carbocycles. The van der Waals surface area contributed by atoms with Crippen LogP contribution in [0.2, 0.25) is 0 Å². The summed E-state index contributed by atoms with van der Waals surface area (Å²) >= 11 is 0. The Labute approximate surface area is 284 Å². The van der Waals surface area contributed by atoms with Crippen LogP contribution in [-0.2, 0) is 0 Å². The third-order valence-electron chi connectivity index (χ3n) is 9.89. The predicted octanol–water partition coefficient (Wildman–Crippen LogP) is 11.7. The molecule has 0 saturated heterocycles. The Balaban J connectivity index is 1.38. The van der Waals surface area contributed by atoms with Crippen LogP contribution in [0, 0.1) is 0 Å². The van der Waals surface area contributed by atoms with Gasteiger partial charge in [-0.3, -0.25) is 4.57 Å². The summed E-state index contributed by atoms with van der Waals surface area (Å²) in [6.45, 7) is 0. The van der Waals surface area contributed by atoms with Gasteiger partial charge in [0.15, 0.2) is 0 Å². The van der Waals surface area contributed by atoms with E-state index in [0.717, 1.165) is 22.9 Å². The van der Waals surface area contributed by atoms with Crippen LogP contribution < -0.4 is 10.2 Å². The van der Waals surface area contributed by atoms with E-state index in [4.69, 9.17) is 0 Å². The summed E-state index contributed by atoms with van der Waals surface area (Å²) < 4.78 is 4.84. The number of benzene rings is 7. The average Bonchev–Trinajstić information content (AvgIpc) is 3.83. The maximum atomic E-state index is 4.03. The second kappa shape index (κ2) is 11.0. The Morgan fingerprint density at radius 2 is 0.918 bits per heavy atom. The molecule has 3 heterocycles. The second-order valence-electron chi connectivity index (χ2n) is 12.7. The number of hydrogen-bond acceptors (Lipinski definition) is 2. The van der Waals surface area contributed by atoms with Gasteiger partial charge in [0.1, 0.15) is 12.0 Å². The molecule has 0 spiro atoms. The number of nitrogens with one attached hydrogen (secondary N) is 1. The molecule has 1 aliphatic heterocycles. The van der Waals surface area contributed by atoms with Crippen molar-refractivity contribution in [3.63, 3.8) is 0 Å². The third-order valence-corrected chi connectivity index (χ3v) is 9.89.